The number of fused-ring (bicyclic) bond motifs is 1. The third-order valence-electron chi connectivity index (χ3n) is 4.93. The summed E-state index contributed by atoms with van der Waals surface area (Å²) < 4.78 is 13.6. The molecule has 0 unspecified atom stereocenters. The van der Waals surface area contributed by atoms with Gasteiger partial charge in [-0.15, -0.1) is 0 Å². The Morgan fingerprint density at radius 1 is 1.03 bits per heavy atom. The summed E-state index contributed by atoms with van der Waals surface area (Å²) in [6.07, 6.45) is 11.7. The first kappa shape index (κ1) is 17.3. The van der Waals surface area contributed by atoms with Crippen molar-refractivity contribution in [2.24, 2.45) is 0 Å². The Balaban J connectivity index is 1.55. The molecule has 5 rings (SSSR count). The zero-order valence-corrected chi connectivity index (χ0v) is 15.9. The fourth-order valence-electron chi connectivity index (χ4n) is 3.37. The zero-order valence-electron chi connectivity index (χ0n) is 15.9. The molecule has 0 atom stereocenters. The highest BCUT2D eigenvalue weighted by Gasteiger charge is 2.18. The molecule has 5 nitrogen and oxygen atoms in total. The number of rotatable bonds is 6. The number of ether oxygens (including phenoxy) is 2. The molecule has 0 bridgehead atoms. The summed E-state index contributed by atoms with van der Waals surface area (Å²) in [7, 11) is 1.65. The van der Waals surface area contributed by atoms with E-state index in [1.807, 2.05) is 67.0 Å². The summed E-state index contributed by atoms with van der Waals surface area (Å²) in [5.41, 5.74) is 5.06. The molecule has 0 spiro atoms. The number of benzene rings is 2. The van der Waals surface area contributed by atoms with Crippen LogP contribution in [0.3, 0.4) is 0 Å². The maximum Gasteiger partial charge on any atom is 0.162 e. The van der Waals surface area contributed by atoms with Crippen LogP contribution < -0.4 is 9.47 Å². The first-order chi connectivity index (χ1) is 14.3. The number of imidazole rings is 1. The number of hydrogen-bond donors (Lipinski definition) is 0. The first-order valence-electron chi connectivity index (χ1n) is 9.39. The van der Waals surface area contributed by atoms with Gasteiger partial charge in [-0.05, 0) is 23.8 Å². The second-order valence-electron chi connectivity index (χ2n) is 6.74. The Labute approximate surface area is 168 Å². The van der Waals surface area contributed by atoms with E-state index in [0.717, 1.165) is 33.7 Å². The first-order valence-corrected chi connectivity index (χ1v) is 9.39. The average Bonchev–Trinajstić information content (AvgIpc) is 3.11. The molecule has 2 aromatic carbocycles. The minimum absolute atomic E-state index is 0.468. The van der Waals surface area contributed by atoms with Crippen molar-refractivity contribution < 1.29 is 9.47 Å². The van der Waals surface area contributed by atoms with Crippen molar-refractivity contribution in [1.82, 2.24) is 14.4 Å². The zero-order chi connectivity index (χ0) is 19.6. The monoisotopic (exact) mass is 381 g/mol. The molecule has 0 aliphatic heterocycles. The Bertz CT molecular complexity index is 1240. The SMILES string of the molecule is COc1ccc(-c2nc(C3=CC=C3)c3cnccn23)cc1OCc1ccccc1. The van der Waals surface area contributed by atoms with Gasteiger partial charge >= 0.3 is 0 Å². The quantitative estimate of drug-likeness (QED) is 0.475. The van der Waals surface area contributed by atoms with Crippen LogP contribution in [0, 0.1) is 0 Å². The summed E-state index contributed by atoms with van der Waals surface area (Å²) in [4.78, 5) is 9.18. The molecule has 0 fully saturated rings. The maximum absolute atomic E-state index is 6.08. The van der Waals surface area contributed by atoms with Gasteiger partial charge in [-0.2, -0.15) is 0 Å². The molecular formula is C24H19N3O2. The van der Waals surface area contributed by atoms with Crippen molar-refractivity contribution in [2.45, 2.75) is 6.61 Å². The van der Waals surface area contributed by atoms with Crippen molar-refractivity contribution >= 4 is 11.1 Å². The number of methoxy groups -OCH3 is 1. The molecule has 29 heavy (non-hydrogen) atoms. The van der Waals surface area contributed by atoms with Gasteiger partial charge in [0.25, 0.3) is 0 Å². The predicted octanol–water partition coefficient (Wildman–Crippen LogP) is 4.94. The van der Waals surface area contributed by atoms with E-state index in [0.29, 0.717) is 18.1 Å². The minimum atomic E-state index is 0.468. The fraction of sp³-hybridized carbons (Fsp3) is 0.0833. The van der Waals surface area contributed by atoms with E-state index < -0.39 is 0 Å². The molecule has 0 amide bonds. The van der Waals surface area contributed by atoms with Gasteiger partial charge in [-0.3, -0.25) is 9.38 Å². The van der Waals surface area contributed by atoms with Crippen LogP contribution in [0.1, 0.15) is 11.3 Å². The Hall–Kier alpha value is -3.86. The third-order valence-corrected chi connectivity index (χ3v) is 4.93. The second kappa shape index (κ2) is 7.28. The van der Waals surface area contributed by atoms with E-state index in [2.05, 4.69) is 21.5 Å². The number of nitrogens with zero attached hydrogens (tertiary/aromatic N) is 3. The molecule has 2 aromatic heterocycles. The largest absolute Gasteiger partial charge is 0.493 e. The van der Waals surface area contributed by atoms with Gasteiger partial charge in [0.1, 0.15) is 12.4 Å². The Morgan fingerprint density at radius 3 is 2.66 bits per heavy atom. The summed E-state index contributed by atoms with van der Waals surface area (Å²) in [5.74, 6) is 2.21. The molecule has 5 heteroatoms. The summed E-state index contributed by atoms with van der Waals surface area (Å²) in [6.45, 7) is 0.468. The van der Waals surface area contributed by atoms with Gasteiger partial charge in [-0.25, -0.2) is 4.98 Å². The van der Waals surface area contributed by atoms with Gasteiger partial charge in [0.15, 0.2) is 11.5 Å². The lowest BCUT2D eigenvalue weighted by atomic mass is 10.1. The predicted molar refractivity (Wildman–Crippen MR) is 113 cm³/mol. The van der Waals surface area contributed by atoms with Gasteiger partial charge in [0.05, 0.1) is 24.5 Å². The van der Waals surface area contributed by atoms with Crippen LogP contribution in [-0.2, 0) is 6.61 Å². The second-order valence-corrected chi connectivity index (χ2v) is 6.74. The van der Waals surface area contributed by atoms with E-state index in [1.54, 1.807) is 13.3 Å². The molecule has 0 saturated heterocycles. The summed E-state index contributed by atoms with van der Waals surface area (Å²) >= 11 is 0. The van der Waals surface area contributed by atoms with Crippen LogP contribution >= 0.6 is 0 Å². The molecular weight excluding hydrogens is 362 g/mol. The lowest BCUT2D eigenvalue weighted by Crippen LogP contribution is -1.98. The highest BCUT2D eigenvalue weighted by Crippen LogP contribution is 2.35. The van der Waals surface area contributed by atoms with Crippen LogP contribution in [0.25, 0.3) is 22.5 Å². The number of hydrogen-bond acceptors (Lipinski definition) is 4. The minimum Gasteiger partial charge on any atom is -0.493 e. The number of aromatic nitrogens is 3. The van der Waals surface area contributed by atoms with E-state index in [1.165, 1.54) is 0 Å². The van der Waals surface area contributed by atoms with Crippen molar-refractivity contribution in [2.75, 3.05) is 7.11 Å². The smallest absolute Gasteiger partial charge is 0.162 e. The number of allylic oxidation sites excluding steroid dienone is 4. The maximum atomic E-state index is 6.08. The molecule has 0 saturated carbocycles. The van der Waals surface area contributed by atoms with E-state index >= 15 is 0 Å². The molecule has 4 aromatic rings. The standard InChI is InChI=1S/C24H19N3O2/c1-28-21-11-10-19(14-22(21)29-16-17-6-3-2-4-7-17)24-26-23(18-8-5-9-18)20-15-25-12-13-27(20)24/h2-15H,16H2,1H3. The molecule has 0 radical (unpaired) electrons. The lowest BCUT2D eigenvalue weighted by Gasteiger charge is -2.12. The summed E-state index contributed by atoms with van der Waals surface area (Å²) in [6, 6.07) is 16.0. The van der Waals surface area contributed by atoms with Crippen LogP contribution in [0.4, 0.5) is 0 Å². The van der Waals surface area contributed by atoms with Crippen LogP contribution in [0.5, 0.6) is 11.5 Å². The molecule has 0 N–H and O–H groups in total. The van der Waals surface area contributed by atoms with Crippen LogP contribution in [0.15, 0.2) is 85.3 Å². The van der Waals surface area contributed by atoms with Crippen LogP contribution in [0.2, 0.25) is 0 Å². The van der Waals surface area contributed by atoms with Crippen LogP contribution in [-0.4, -0.2) is 21.5 Å². The third kappa shape index (κ3) is 3.17. The van der Waals surface area contributed by atoms with Gasteiger partial charge < -0.3 is 9.47 Å². The van der Waals surface area contributed by atoms with E-state index in [4.69, 9.17) is 14.5 Å². The molecule has 1 aliphatic rings. The highest BCUT2D eigenvalue weighted by molar-refractivity contribution is 5.88. The normalized spacial score (nSPS) is 12.5. The average molecular weight is 381 g/mol. The molecule has 142 valence electrons. The van der Waals surface area contributed by atoms with Crippen molar-refractivity contribution in [1.29, 1.82) is 0 Å². The Morgan fingerprint density at radius 2 is 1.90 bits per heavy atom. The van der Waals surface area contributed by atoms with Crippen molar-refractivity contribution in [3.63, 3.8) is 0 Å². The lowest BCUT2D eigenvalue weighted by molar-refractivity contribution is 0.284. The highest BCUT2D eigenvalue weighted by atomic mass is 16.5. The summed E-state index contributed by atoms with van der Waals surface area (Å²) in [5, 5.41) is 0. The topological polar surface area (TPSA) is 48.7 Å². The van der Waals surface area contributed by atoms with E-state index in [-0.39, 0.29) is 0 Å². The van der Waals surface area contributed by atoms with Gasteiger partial charge in [0.2, 0.25) is 0 Å². The van der Waals surface area contributed by atoms with Gasteiger partial charge in [0, 0.05) is 23.5 Å². The molecule has 1 aliphatic carbocycles. The Kier molecular flexibility index (Phi) is 4.33. The fourth-order valence-corrected chi connectivity index (χ4v) is 3.37. The van der Waals surface area contributed by atoms with Crippen molar-refractivity contribution in [3.8, 4) is 22.9 Å². The van der Waals surface area contributed by atoms with Gasteiger partial charge in [-0.1, -0.05) is 48.6 Å². The van der Waals surface area contributed by atoms with Crippen molar-refractivity contribution in [3.05, 3.63) is 96.6 Å². The molecule has 2 heterocycles. The van der Waals surface area contributed by atoms with E-state index in [9.17, 15) is 0 Å².